The zero-order valence-corrected chi connectivity index (χ0v) is 12.2. The number of anilines is 1. The van der Waals surface area contributed by atoms with E-state index in [9.17, 15) is 9.18 Å². The fourth-order valence-electron chi connectivity index (χ4n) is 2.74. The van der Waals surface area contributed by atoms with Gasteiger partial charge in [0.2, 0.25) is 5.95 Å². The minimum Gasteiger partial charge on any atom is -0.337 e. The number of aromatic nitrogens is 3. The van der Waals surface area contributed by atoms with Crippen molar-refractivity contribution in [2.24, 2.45) is 5.92 Å². The van der Waals surface area contributed by atoms with Crippen molar-refractivity contribution in [3.63, 3.8) is 0 Å². The topological polar surface area (TPSA) is 63.1 Å². The molecule has 1 saturated heterocycles. The Morgan fingerprint density at radius 2 is 2.36 bits per heavy atom. The van der Waals surface area contributed by atoms with Crippen molar-refractivity contribution in [3.8, 4) is 0 Å². The van der Waals surface area contributed by atoms with E-state index in [4.69, 9.17) is 0 Å². The fraction of sp³-hybridized carbons (Fsp3) is 0.400. The third-order valence-corrected chi connectivity index (χ3v) is 3.81. The van der Waals surface area contributed by atoms with Gasteiger partial charge in [-0.05, 0) is 30.9 Å². The van der Waals surface area contributed by atoms with Crippen molar-refractivity contribution in [1.82, 2.24) is 19.4 Å². The van der Waals surface area contributed by atoms with Gasteiger partial charge >= 0.3 is 6.03 Å². The molecule has 0 aliphatic carbocycles. The predicted octanol–water partition coefficient (Wildman–Crippen LogP) is 2.36. The van der Waals surface area contributed by atoms with E-state index in [2.05, 4.69) is 15.3 Å². The summed E-state index contributed by atoms with van der Waals surface area (Å²) >= 11 is 0. The molecule has 0 aromatic carbocycles. The normalized spacial score (nSPS) is 18.2. The summed E-state index contributed by atoms with van der Waals surface area (Å²) in [6.45, 7) is 2.31. The lowest BCUT2D eigenvalue weighted by Crippen LogP contribution is -2.43. The average molecular weight is 303 g/mol. The van der Waals surface area contributed by atoms with Gasteiger partial charge in [-0.15, -0.1) is 0 Å². The second-order valence-corrected chi connectivity index (χ2v) is 5.51. The Balaban J connectivity index is 1.56. The lowest BCUT2D eigenvalue weighted by Gasteiger charge is -2.32. The van der Waals surface area contributed by atoms with Crippen molar-refractivity contribution in [3.05, 3.63) is 43.0 Å². The predicted molar refractivity (Wildman–Crippen MR) is 79.7 cm³/mol. The number of carbonyl (C=O) groups excluding carboxylic acids is 1. The van der Waals surface area contributed by atoms with Crippen LogP contribution in [-0.4, -0.2) is 38.6 Å². The first kappa shape index (κ1) is 14.5. The smallest absolute Gasteiger partial charge is 0.321 e. The number of likely N-dealkylation sites (tertiary alicyclic amines) is 1. The molecule has 2 aromatic heterocycles. The molecule has 7 heteroatoms. The first-order chi connectivity index (χ1) is 10.7. The van der Waals surface area contributed by atoms with Gasteiger partial charge in [0.1, 0.15) is 0 Å². The Morgan fingerprint density at radius 1 is 1.45 bits per heavy atom. The third kappa shape index (κ3) is 3.60. The number of hydrogen-bond acceptors (Lipinski definition) is 3. The van der Waals surface area contributed by atoms with E-state index in [1.807, 2.05) is 10.8 Å². The standard InChI is InChI=1S/C15H18FN5O/c16-14-4-3-13(8-18-14)19-15(22)21-6-1-2-12(10-21)9-20-7-5-17-11-20/h3-5,7-8,11-12H,1-2,6,9-10H2,(H,19,22). The van der Waals surface area contributed by atoms with Crippen LogP contribution in [0.2, 0.25) is 0 Å². The van der Waals surface area contributed by atoms with E-state index in [1.165, 1.54) is 18.3 Å². The van der Waals surface area contributed by atoms with Crippen molar-refractivity contribution >= 4 is 11.7 Å². The molecule has 2 amide bonds. The molecule has 3 rings (SSSR count). The number of hydrogen-bond donors (Lipinski definition) is 1. The van der Waals surface area contributed by atoms with E-state index >= 15 is 0 Å². The van der Waals surface area contributed by atoms with Crippen molar-refractivity contribution in [1.29, 1.82) is 0 Å². The van der Waals surface area contributed by atoms with Crippen LogP contribution in [0.25, 0.3) is 0 Å². The molecular formula is C15H18FN5O. The summed E-state index contributed by atoms with van der Waals surface area (Å²) in [5.41, 5.74) is 0.503. The van der Waals surface area contributed by atoms with Crippen LogP contribution in [0.4, 0.5) is 14.9 Å². The Labute approximate surface area is 128 Å². The van der Waals surface area contributed by atoms with Crippen LogP contribution in [0.1, 0.15) is 12.8 Å². The minimum absolute atomic E-state index is 0.163. The highest BCUT2D eigenvalue weighted by molar-refractivity contribution is 5.89. The number of urea groups is 1. The highest BCUT2D eigenvalue weighted by Crippen LogP contribution is 2.19. The monoisotopic (exact) mass is 303 g/mol. The van der Waals surface area contributed by atoms with Crippen LogP contribution in [0.3, 0.4) is 0 Å². The second-order valence-electron chi connectivity index (χ2n) is 5.51. The maximum absolute atomic E-state index is 12.8. The van der Waals surface area contributed by atoms with Gasteiger partial charge in [0, 0.05) is 32.0 Å². The molecule has 3 heterocycles. The van der Waals surface area contributed by atoms with Crippen LogP contribution in [0.15, 0.2) is 37.1 Å². The number of halogens is 1. The molecular weight excluding hydrogens is 285 g/mol. The number of imidazole rings is 1. The van der Waals surface area contributed by atoms with Gasteiger partial charge in [0.15, 0.2) is 0 Å². The van der Waals surface area contributed by atoms with Gasteiger partial charge in [-0.2, -0.15) is 4.39 Å². The molecule has 0 bridgehead atoms. The van der Waals surface area contributed by atoms with Crippen LogP contribution in [0.5, 0.6) is 0 Å². The summed E-state index contributed by atoms with van der Waals surface area (Å²) in [6, 6.07) is 2.57. The van der Waals surface area contributed by atoms with E-state index in [0.29, 0.717) is 18.2 Å². The zero-order chi connectivity index (χ0) is 15.4. The molecule has 1 unspecified atom stereocenters. The number of carbonyl (C=O) groups is 1. The molecule has 1 fully saturated rings. The summed E-state index contributed by atoms with van der Waals surface area (Å²) in [4.78, 5) is 21.6. The van der Waals surface area contributed by atoms with Crippen LogP contribution in [-0.2, 0) is 6.54 Å². The summed E-state index contributed by atoms with van der Waals surface area (Å²) < 4.78 is 14.8. The number of amides is 2. The molecule has 1 atom stereocenters. The summed E-state index contributed by atoms with van der Waals surface area (Å²) in [5, 5.41) is 2.76. The minimum atomic E-state index is -0.559. The summed E-state index contributed by atoms with van der Waals surface area (Å²) in [6.07, 6.45) is 8.88. The Hall–Kier alpha value is -2.44. The van der Waals surface area contributed by atoms with Crippen molar-refractivity contribution < 1.29 is 9.18 Å². The van der Waals surface area contributed by atoms with Crippen molar-refractivity contribution in [2.45, 2.75) is 19.4 Å². The van der Waals surface area contributed by atoms with Gasteiger partial charge in [0.05, 0.1) is 18.2 Å². The number of rotatable bonds is 3. The fourth-order valence-corrected chi connectivity index (χ4v) is 2.74. The van der Waals surface area contributed by atoms with E-state index in [-0.39, 0.29) is 6.03 Å². The van der Waals surface area contributed by atoms with Crippen LogP contribution >= 0.6 is 0 Å². The number of piperidine rings is 1. The van der Waals surface area contributed by atoms with Gasteiger partial charge in [-0.1, -0.05) is 0 Å². The quantitative estimate of drug-likeness (QED) is 0.885. The molecule has 22 heavy (non-hydrogen) atoms. The van der Waals surface area contributed by atoms with E-state index in [1.54, 1.807) is 17.4 Å². The number of pyridine rings is 1. The number of nitrogens with zero attached hydrogens (tertiary/aromatic N) is 4. The SMILES string of the molecule is O=C(Nc1ccc(F)nc1)N1CCCC(Cn2ccnc2)C1. The second kappa shape index (κ2) is 6.55. The van der Waals surface area contributed by atoms with E-state index in [0.717, 1.165) is 25.9 Å². The molecule has 1 N–H and O–H groups in total. The molecule has 6 nitrogen and oxygen atoms in total. The van der Waals surface area contributed by atoms with Gasteiger partial charge in [0.25, 0.3) is 0 Å². The highest BCUT2D eigenvalue weighted by atomic mass is 19.1. The zero-order valence-electron chi connectivity index (χ0n) is 12.2. The molecule has 1 aliphatic rings. The molecule has 1 aliphatic heterocycles. The maximum atomic E-state index is 12.8. The van der Waals surface area contributed by atoms with E-state index < -0.39 is 5.95 Å². The molecule has 0 saturated carbocycles. The molecule has 0 spiro atoms. The van der Waals surface area contributed by atoms with Crippen molar-refractivity contribution in [2.75, 3.05) is 18.4 Å². The van der Waals surface area contributed by atoms with Gasteiger partial charge < -0.3 is 14.8 Å². The first-order valence-corrected chi connectivity index (χ1v) is 7.34. The first-order valence-electron chi connectivity index (χ1n) is 7.34. The van der Waals surface area contributed by atoms with Crippen LogP contribution < -0.4 is 5.32 Å². The Kier molecular flexibility index (Phi) is 4.32. The van der Waals surface area contributed by atoms with Gasteiger partial charge in [-0.25, -0.2) is 14.8 Å². The largest absolute Gasteiger partial charge is 0.337 e. The van der Waals surface area contributed by atoms with Crippen LogP contribution in [0, 0.1) is 11.9 Å². The third-order valence-electron chi connectivity index (χ3n) is 3.81. The van der Waals surface area contributed by atoms with Gasteiger partial charge in [-0.3, -0.25) is 0 Å². The highest BCUT2D eigenvalue weighted by Gasteiger charge is 2.24. The average Bonchev–Trinajstić information content (AvgIpc) is 3.03. The molecule has 0 radical (unpaired) electrons. The maximum Gasteiger partial charge on any atom is 0.321 e. The summed E-state index contributed by atoms with van der Waals surface area (Å²) in [7, 11) is 0. The molecule has 116 valence electrons. The summed E-state index contributed by atoms with van der Waals surface area (Å²) in [5.74, 6) is -0.142. The Morgan fingerprint density at radius 3 is 3.09 bits per heavy atom. The Bertz CT molecular complexity index is 613. The lowest BCUT2D eigenvalue weighted by molar-refractivity contribution is 0.170. The number of nitrogens with one attached hydrogen (secondary N) is 1. The lowest BCUT2D eigenvalue weighted by atomic mass is 9.98. The molecule has 2 aromatic rings.